The van der Waals surface area contributed by atoms with Crippen LogP contribution in [0, 0.1) is 0 Å². The van der Waals surface area contributed by atoms with Crippen LogP contribution in [-0.2, 0) is 14.9 Å². The molecule has 0 saturated carbocycles. The third kappa shape index (κ3) is 3.80. The Hall–Kier alpha value is -1.12. The molecule has 16 heavy (non-hydrogen) atoms. The van der Waals surface area contributed by atoms with E-state index < -0.39 is 21.8 Å². The highest BCUT2D eigenvalue weighted by Gasteiger charge is 2.17. The zero-order valence-electron chi connectivity index (χ0n) is 7.75. The largest absolute Gasteiger partial charge is 0.507 e. The molecule has 0 spiro atoms. The Labute approximate surface area is 99.7 Å². The number of hydrogen-bond acceptors (Lipinski definition) is 5. The van der Waals surface area contributed by atoms with Crippen molar-refractivity contribution in [2.45, 2.75) is 0 Å². The summed E-state index contributed by atoms with van der Waals surface area (Å²) in [6, 6.07) is 4.12. The molecule has 1 rings (SSSR count). The van der Waals surface area contributed by atoms with E-state index in [1.807, 2.05) is 0 Å². The van der Waals surface area contributed by atoms with E-state index in [4.69, 9.17) is 4.55 Å². The van der Waals surface area contributed by atoms with Gasteiger partial charge in [0.25, 0.3) is 10.1 Å². The van der Waals surface area contributed by atoms with E-state index in [0.29, 0.717) is 0 Å². The van der Waals surface area contributed by atoms with E-state index in [9.17, 15) is 18.3 Å². The van der Waals surface area contributed by atoms with Gasteiger partial charge < -0.3 is 9.84 Å². The van der Waals surface area contributed by atoms with E-state index in [1.165, 1.54) is 18.2 Å². The molecule has 0 aliphatic carbocycles. The van der Waals surface area contributed by atoms with Gasteiger partial charge in [0.2, 0.25) is 0 Å². The van der Waals surface area contributed by atoms with Crippen molar-refractivity contribution in [3.63, 3.8) is 0 Å². The predicted molar refractivity (Wildman–Crippen MR) is 57.9 cm³/mol. The maximum absolute atomic E-state index is 11.0. The fraction of sp³-hybridized carbons (Fsp3) is 0.125. The second kappa shape index (κ2) is 4.81. The molecule has 8 heteroatoms. The van der Waals surface area contributed by atoms with Crippen molar-refractivity contribution >= 4 is 32.0 Å². The monoisotopic (exact) mass is 310 g/mol. The first kappa shape index (κ1) is 12.9. The second-order valence-corrected chi connectivity index (χ2v) is 5.04. The van der Waals surface area contributed by atoms with Crippen LogP contribution in [0.1, 0.15) is 0 Å². The fourth-order valence-corrected chi connectivity index (χ4v) is 1.58. The lowest BCUT2D eigenvalue weighted by Gasteiger charge is -2.06. The van der Waals surface area contributed by atoms with Crippen molar-refractivity contribution in [2.75, 3.05) is 5.75 Å². The molecule has 1 aromatic carbocycles. The molecule has 0 atom stereocenters. The minimum atomic E-state index is -4.42. The number of carbonyl (C=O) groups is 1. The summed E-state index contributed by atoms with van der Waals surface area (Å²) >= 11 is 2.95. The van der Waals surface area contributed by atoms with Crippen LogP contribution >= 0.6 is 15.9 Å². The van der Waals surface area contributed by atoms with Crippen LogP contribution in [0.4, 0.5) is 0 Å². The molecule has 0 saturated heterocycles. The van der Waals surface area contributed by atoms with Crippen LogP contribution in [0.3, 0.4) is 0 Å². The Bertz CT molecular complexity index is 509. The maximum Gasteiger partial charge on any atom is 0.329 e. The SMILES string of the molecule is O=C(CS(=O)(=O)O)Oc1cccc(O)c1Br. The minimum Gasteiger partial charge on any atom is -0.507 e. The standard InChI is InChI=1S/C8H7BrO6S/c9-8-5(10)2-1-3-6(8)15-7(11)4-16(12,13)14/h1-3,10H,4H2,(H,12,13,14). The van der Waals surface area contributed by atoms with Gasteiger partial charge in [0.05, 0.1) is 0 Å². The number of phenolic OH excluding ortho intramolecular Hbond substituents is 1. The van der Waals surface area contributed by atoms with Crippen LogP contribution in [0.5, 0.6) is 11.5 Å². The highest BCUT2D eigenvalue weighted by molar-refractivity contribution is 9.10. The summed E-state index contributed by atoms with van der Waals surface area (Å²) in [6.45, 7) is 0. The lowest BCUT2D eigenvalue weighted by molar-refractivity contribution is -0.131. The molecule has 1 aromatic rings. The Kier molecular flexibility index (Phi) is 3.89. The highest BCUT2D eigenvalue weighted by Crippen LogP contribution is 2.33. The normalized spacial score (nSPS) is 11.1. The average molecular weight is 311 g/mol. The van der Waals surface area contributed by atoms with Crippen molar-refractivity contribution < 1.29 is 27.6 Å². The van der Waals surface area contributed by atoms with Crippen LogP contribution in [0.15, 0.2) is 22.7 Å². The van der Waals surface area contributed by atoms with Gasteiger partial charge in [-0.3, -0.25) is 9.35 Å². The first-order valence-corrected chi connectivity index (χ1v) is 6.33. The molecule has 0 aromatic heterocycles. The van der Waals surface area contributed by atoms with Crippen molar-refractivity contribution in [1.82, 2.24) is 0 Å². The zero-order chi connectivity index (χ0) is 12.3. The smallest absolute Gasteiger partial charge is 0.329 e. The number of benzene rings is 1. The Morgan fingerprint density at radius 1 is 1.44 bits per heavy atom. The minimum absolute atomic E-state index is 0.0337. The highest BCUT2D eigenvalue weighted by atomic mass is 79.9. The first-order chi connectivity index (χ1) is 7.29. The summed E-state index contributed by atoms with van der Waals surface area (Å²) in [7, 11) is -4.42. The number of rotatable bonds is 3. The third-order valence-electron chi connectivity index (χ3n) is 1.47. The Morgan fingerprint density at radius 2 is 2.06 bits per heavy atom. The van der Waals surface area contributed by atoms with Gasteiger partial charge in [-0.05, 0) is 28.1 Å². The van der Waals surface area contributed by atoms with E-state index in [2.05, 4.69) is 20.7 Å². The number of hydrogen-bond donors (Lipinski definition) is 2. The molecule has 0 unspecified atom stereocenters. The predicted octanol–water partition coefficient (Wildman–Crippen LogP) is 0.948. The van der Waals surface area contributed by atoms with Gasteiger partial charge in [0.1, 0.15) is 16.0 Å². The molecule has 0 bridgehead atoms. The lowest BCUT2D eigenvalue weighted by atomic mass is 10.3. The molecular formula is C8H7BrO6S. The van der Waals surface area contributed by atoms with Crippen molar-refractivity contribution in [1.29, 1.82) is 0 Å². The molecule has 6 nitrogen and oxygen atoms in total. The van der Waals surface area contributed by atoms with E-state index in [0.717, 1.165) is 0 Å². The Balaban J connectivity index is 2.82. The number of ether oxygens (including phenoxy) is 1. The summed E-state index contributed by atoms with van der Waals surface area (Å²) in [5, 5.41) is 9.24. The number of carbonyl (C=O) groups excluding carboxylic acids is 1. The molecule has 88 valence electrons. The van der Waals surface area contributed by atoms with Gasteiger partial charge in [0, 0.05) is 0 Å². The van der Waals surface area contributed by atoms with Crippen molar-refractivity contribution in [3.05, 3.63) is 22.7 Å². The average Bonchev–Trinajstić information content (AvgIpc) is 2.09. The number of halogens is 1. The first-order valence-electron chi connectivity index (χ1n) is 3.93. The van der Waals surface area contributed by atoms with E-state index in [-0.39, 0.29) is 16.0 Å². The fourth-order valence-electron chi connectivity index (χ4n) is 0.879. The van der Waals surface area contributed by atoms with Gasteiger partial charge in [-0.25, -0.2) is 0 Å². The molecule has 0 amide bonds. The summed E-state index contributed by atoms with van der Waals surface area (Å²) in [5.41, 5.74) is 0. The molecule has 0 aliphatic heterocycles. The summed E-state index contributed by atoms with van der Waals surface area (Å²) in [5.74, 6) is -2.48. The topological polar surface area (TPSA) is 101 Å². The van der Waals surface area contributed by atoms with Gasteiger partial charge in [-0.15, -0.1) is 0 Å². The lowest BCUT2D eigenvalue weighted by Crippen LogP contribution is -2.20. The van der Waals surface area contributed by atoms with E-state index in [1.54, 1.807) is 0 Å². The molecule has 0 aliphatic rings. The van der Waals surface area contributed by atoms with Gasteiger partial charge in [0.15, 0.2) is 5.75 Å². The van der Waals surface area contributed by atoms with Crippen LogP contribution in [0.25, 0.3) is 0 Å². The summed E-state index contributed by atoms with van der Waals surface area (Å²) in [4.78, 5) is 11.0. The molecule has 2 N–H and O–H groups in total. The third-order valence-corrected chi connectivity index (χ3v) is 2.86. The maximum atomic E-state index is 11.0. The quantitative estimate of drug-likeness (QED) is 0.489. The molecule has 0 heterocycles. The molecular weight excluding hydrogens is 304 g/mol. The number of aromatic hydroxyl groups is 1. The van der Waals surface area contributed by atoms with E-state index >= 15 is 0 Å². The summed E-state index contributed by atoms with van der Waals surface area (Å²) < 4.78 is 33.9. The van der Waals surface area contributed by atoms with Gasteiger partial charge in [-0.1, -0.05) is 6.07 Å². The van der Waals surface area contributed by atoms with Gasteiger partial charge in [-0.2, -0.15) is 8.42 Å². The molecule has 0 fully saturated rings. The summed E-state index contributed by atoms with van der Waals surface area (Å²) in [6.07, 6.45) is 0. The molecule has 0 radical (unpaired) electrons. The number of esters is 1. The van der Waals surface area contributed by atoms with Gasteiger partial charge >= 0.3 is 5.97 Å². The zero-order valence-corrected chi connectivity index (χ0v) is 10.2. The van der Waals surface area contributed by atoms with Crippen molar-refractivity contribution in [2.24, 2.45) is 0 Å². The second-order valence-electron chi connectivity index (χ2n) is 2.79. The van der Waals surface area contributed by atoms with Crippen molar-refractivity contribution in [3.8, 4) is 11.5 Å². The van der Waals surface area contributed by atoms with Crippen LogP contribution < -0.4 is 4.74 Å². The van der Waals surface area contributed by atoms with Crippen LogP contribution in [-0.4, -0.2) is 29.8 Å². The van der Waals surface area contributed by atoms with Crippen LogP contribution in [0.2, 0.25) is 0 Å². The number of phenols is 1. The Morgan fingerprint density at radius 3 is 2.62 bits per heavy atom.